The summed E-state index contributed by atoms with van der Waals surface area (Å²) in [5.74, 6) is 0.538. The number of hydrogen-bond acceptors (Lipinski definition) is 4. The molecule has 4 nitrogen and oxygen atoms in total. The number of likely N-dealkylation sites (N-methyl/N-ethyl adjacent to an activating group) is 1. The number of furan rings is 1. The molecule has 0 saturated carbocycles. The normalized spacial score (nSPS) is 13.0. The fraction of sp³-hybridized carbons (Fsp3) is 0.211. The van der Waals surface area contributed by atoms with Crippen LogP contribution in [0.4, 0.5) is 0 Å². The van der Waals surface area contributed by atoms with Gasteiger partial charge in [-0.2, -0.15) is 0 Å². The SMILES string of the molecule is CN(C)[C@@H](CNC(=O)/C=C/c1ccco1)c1csc2ccccc12. The van der Waals surface area contributed by atoms with E-state index in [0.717, 1.165) is 0 Å². The van der Waals surface area contributed by atoms with Gasteiger partial charge in [0.05, 0.1) is 12.3 Å². The second-order valence-electron chi connectivity index (χ2n) is 5.76. The monoisotopic (exact) mass is 340 g/mol. The Kier molecular flexibility index (Phi) is 5.13. The largest absolute Gasteiger partial charge is 0.465 e. The average molecular weight is 340 g/mol. The summed E-state index contributed by atoms with van der Waals surface area (Å²) in [5.41, 5.74) is 1.25. The van der Waals surface area contributed by atoms with E-state index in [1.165, 1.54) is 21.7 Å². The topological polar surface area (TPSA) is 45.5 Å². The fourth-order valence-electron chi connectivity index (χ4n) is 2.63. The van der Waals surface area contributed by atoms with Crippen LogP contribution in [0.3, 0.4) is 0 Å². The van der Waals surface area contributed by atoms with Gasteiger partial charge in [-0.05, 0) is 54.7 Å². The van der Waals surface area contributed by atoms with E-state index >= 15 is 0 Å². The van der Waals surface area contributed by atoms with Crippen molar-refractivity contribution in [2.75, 3.05) is 20.6 Å². The smallest absolute Gasteiger partial charge is 0.244 e. The van der Waals surface area contributed by atoms with E-state index in [-0.39, 0.29) is 11.9 Å². The van der Waals surface area contributed by atoms with E-state index in [2.05, 4.69) is 39.9 Å². The molecule has 0 aliphatic rings. The minimum atomic E-state index is -0.127. The number of benzene rings is 1. The average Bonchev–Trinajstić information content (AvgIpc) is 3.23. The first-order valence-corrected chi connectivity index (χ1v) is 8.65. The lowest BCUT2D eigenvalue weighted by Crippen LogP contribution is -2.33. The van der Waals surface area contributed by atoms with E-state index < -0.39 is 0 Å². The minimum absolute atomic E-state index is 0.127. The molecule has 0 fully saturated rings. The van der Waals surface area contributed by atoms with Crippen LogP contribution in [-0.4, -0.2) is 31.4 Å². The van der Waals surface area contributed by atoms with Gasteiger partial charge in [-0.15, -0.1) is 11.3 Å². The molecule has 0 unspecified atom stereocenters. The summed E-state index contributed by atoms with van der Waals surface area (Å²) in [7, 11) is 4.06. The summed E-state index contributed by atoms with van der Waals surface area (Å²) >= 11 is 1.74. The minimum Gasteiger partial charge on any atom is -0.465 e. The summed E-state index contributed by atoms with van der Waals surface area (Å²) in [6.07, 6.45) is 4.75. The highest BCUT2D eigenvalue weighted by atomic mass is 32.1. The summed E-state index contributed by atoms with van der Waals surface area (Å²) in [5, 5.41) is 6.41. The van der Waals surface area contributed by atoms with Crippen LogP contribution in [0.15, 0.2) is 58.5 Å². The number of rotatable bonds is 6. The second kappa shape index (κ2) is 7.47. The molecule has 0 aliphatic heterocycles. The van der Waals surface area contributed by atoms with Crippen LogP contribution in [0.5, 0.6) is 0 Å². The Bertz CT molecular complexity index is 834. The maximum atomic E-state index is 12.0. The van der Waals surface area contributed by atoms with Gasteiger partial charge in [-0.25, -0.2) is 0 Å². The quantitative estimate of drug-likeness (QED) is 0.692. The molecular formula is C19H20N2O2S. The zero-order valence-electron chi connectivity index (χ0n) is 13.7. The number of thiophene rings is 1. The molecule has 1 N–H and O–H groups in total. The summed E-state index contributed by atoms with van der Waals surface area (Å²) in [4.78, 5) is 14.2. The Balaban J connectivity index is 1.69. The molecule has 0 bridgehead atoms. The molecule has 24 heavy (non-hydrogen) atoms. The molecule has 1 amide bonds. The lowest BCUT2D eigenvalue weighted by atomic mass is 10.0. The van der Waals surface area contributed by atoms with Crippen molar-refractivity contribution < 1.29 is 9.21 Å². The molecule has 0 radical (unpaired) electrons. The van der Waals surface area contributed by atoms with Gasteiger partial charge in [-0.1, -0.05) is 18.2 Å². The Morgan fingerprint density at radius 1 is 1.29 bits per heavy atom. The van der Waals surface area contributed by atoms with Crippen molar-refractivity contribution in [3.8, 4) is 0 Å². The van der Waals surface area contributed by atoms with Gasteiger partial charge in [0.2, 0.25) is 5.91 Å². The Labute approximate surface area is 145 Å². The third-order valence-electron chi connectivity index (χ3n) is 3.91. The molecule has 3 rings (SSSR count). The number of amides is 1. The van der Waals surface area contributed by atoms with E-state index in [1.807, 2.05) is 20.2 Å². The molecule has 3 aromatic rings. The first-order valence-electron chi connectivity index (χ1n) is 7.77. The number of hydrogen-bond donors (Lipinski definition) is 1. The van der Waals surface area contributed by atoms with Crippen LogP contribution >= 0.6 is 11.3 Å². The Morgan fingerprint density at radius 2 is 2.12 bits per heavy atom. The molecule has 2 heterocycles. The molecule has 0 saturated heterocycles. The van der Waals surface area contributed by atoms with Crippen molar-refractivity contribution in [2.24, 2.45) is 0 Å². The lowest BCUT2D eigenvalue weighted by Gasteiger charge is -2.24. The van der Waals surface area contributed by atoms with Crippen LogP contribution in [-0.2, 0) is 4.79 Å². The third kappa shape index (κ3) is 3.75. The van der Waals surface area contributed by atoms with Crippen molar-refractivity contribution >= 4 is 33.4 Å². The van der Waals surface area contributed by atoms with E-state index in [9.17, 15) is 4.79 Å². The number of carbonyl (C=O) groups is 1. The number of nitrogens with one attached hydrogen (secondary N) is 1. The van der Waals surface area contributed by atoms with E-state index in [0.29, 0.717) is 12.3 Å². The summed E-state index contributed by atoms with van der Waals surface area (Å²) in [6.45, 7) is 0.551. The van der Waals surface area contributed by atoms with Gasteiger partial charge in [0.1, 0.15) is 5.76 Å². The van der Waals surface area contributed by atoms with Gasteiger partial charge in [0.25, 0.3) is 0 Å². The van der Waals surface area contributed by atoms with Crippen molar-refractivity contribution in [1.29, 1.82) is 0 Å². The predicted octanol–water partition coefficient (Wildman–Crippen LogP) is 3.93. The maximum Gasteiger partial charge on any atom is 0.244 e. The first kappa shape index (κ1) is 16.5. The molecular weight excluding hydrogens is 320 g/mol. The fourth-order valence-corrected chi connectivity index (χ4v) is 3.64. The standard InChI is InChI=1S/C19H20N2O2S/c1-21(2)17(16-13-24-18-8-4-3-7-15(16)18)12-20-19(22)10-9-14-6-5-11-23-14/h3-11,13,17H,12H2,1-2H3,(H,20,22)/b10-9+/t17-/m0/s1. The molecule has 1 atom stereocenters. The van der Waals surface area contributed by atoms with E-state index in [4.69, 9.17) is 4.42 Å². The lowest BCUT2D eigenvalue weighted by molar-refractivity contribution is -0.116. The van der Waals surface area contributed by atoms with Gasteiger partial charge in [0.15, 0.2) is 0 Å². The molecule has 124 valence electrons. The highest BCUT2D eigenvalue weighted by Gasteiger charge is 2.18. The third-order valence-corrected chi connectivity index (χ3v) is 4.89. The van der Waals surface area contributed by atoms with Gasteiger partial charge in [0, 0.05) is 17.3 Å². The molecule has 1 aromatic carbocycles. The van der Waals surface area contributed by atoms with Crippen LogP contribution in [0.1, 0.15) is 17.4 Å². The number of carbonyl (C=O) groups excluding carboxylic acids is 1. The number of nitrogens with zero attached hydrogens (tertiary/aromatic N) is 1. The van der Waals surface area contributed by atoms with Crippen LogP contribution < -0.4 is 5.32 Å². The van der Waals surface area contributed by atoms with Crippen LogP contribution in [0.2, 0.25) is 0 Å². The van der Waals surface area contributed by atoms with Crippen molar-refractivity contribution in [2.45, 2.75) is 6.04 Å². The molecule has 0 spiro atoms. The van der Waals surface area contributed by atoms with E-state index in [1.54, 1.807) is 29.7 Å². The highest BCUT2D eigenvalue weighted by molar-refractivity contribution is 7.17. The van der Waals surface area contributed by atoms with Crippen LogP contribution in [0.25, 0.3) is 16.2 Å². The second-order valence-corrected chi connectivity index (χ2v) is 6.67. The van der Waals surface area contributed by atoms with Crippen molar-refractivity contribution in [1.82, 2.24) is 10.2 Å². The number of fused-ring (bicyclic) bond motifs is 1. The molecule has 5 heteroatoms. The zero-order chi connectivity index (χ0) is 16.9. The van der Waals surface area contributed by atoms with Crippen LogP contribution in [0, 0.1) is 0 Å². The van der Waals surface area contributed by atoms with Crippen molar-refractivity contribution in [3.05, 3.63) is 65.4 Å². The van der Waals surface area contributed by atoms with Gasteiger partial charge >= 0.3 is 0 Å². The highest BCUT2D eigenvalue weighted by Crippen LogP contribution is 2.31. The van der Waals surface area contributed by atoms with Gasteiger partial charge < -0.3 is 14.6 Å². The predicted molar refractivity (Wildman–Crippen MR) is 99.0 cm³/mol. The summed E-state index contributed by atoms with van der Waals surface area (Å²) in [6, 6.07) is 12.1. The van der Waals surface area contributed by atoms with Crippen molar-refractivity contribution in [3.63, 3.8) is 0 Å². The summed E-state index contributed by atoms with van der Waals surface area (Å²) < 4.78 is 6.45. The zero-order valence-corrected chi connectivity index (χ0v) is 14.5. The Hall–Kier alpha value is -2.37. The first-order chi connectivity index (χ1) is 11.6. The molecule has 0 aliphatic carbocycles. The molecule has 2 aromatic heterocycles. The van der Waals surface area contributed by atoms with Gasteiger partial charge in [-0.3, -0.25) is 4.79 Å². The maximum absolute atomic E-state index is 12.0. The Morgan fingerprint density at radius 3 is 2.88 bits per heavy atom.